The van der Waals surface area contributed by atoms with E-state index in [-0.39, 0.29) is 17.9 Å². The lowest BCUT2D eigenvalue weighted by atomic mass is 9.94. The van der Waals surface area contributed by atoms with Gasteiger partial charge in [-0.3, -0.25) is 9.59 Å². The number of benzene rings is 3. The molecule has 0 radical (unpaired) electrons. The van der Waals surface area contributed by atoms with Gasteiger partial charge in [-0.15, -0.1) is 11.8 Å². The molecule has 1 aliphatic carbocycles. The van der Waals surface area contributed by atoms with Gasteiger partial charge in [0, 0.05) is 29.2 Å². The lowest BCUT2D eigenvalue weighted by Crippen LogP contribution is -2.53. The first-order valence-corrected chi connectivity index (χ1v) is 15.0. The molecule has 194 valence electrons. The molecule has 0 heterocycles. The second-order valence-corrected chi connectivity index (χ2v) is 11.6. The molecule has 2 amide bonds. The summed E-state index contributed by atoms with van der Waals surface area (Å²) < 4.78 is 0.989. The van der Waals surface area contributed by atoms with Crippen LogP contribution in [0.5, 0.6) is 0 Å². The van der Waals surface area contributed by atoms with E-state index in [1.165, 1.54) is 12.0 Å². The molecule has 3 aromatic rings. The Morgan fingerprint density at radius 1 is 0.838 bits per heavy atom. The molecule has 3 aromatic carbocycles. The Morgan fingerprint density at radius 2 is 1.46 bits per heavy atom. The lowest BCUT2D eigenvalue weighted by Gasteiger charge is -2.33. The van der Waals surface area contributed by atoms with Crippen LogP contribution in [0.2, 0.25) is 0 Å². The molecule has 37 heavy (non-hydrogen) atoms. The maximum atomic E-state index is 13.8. The molecule has 0 saturated heterocycles. The number of amides is 2. The van der Waals surface area contributed by atoms with E-state index in [4.69, 9.17) is 0 Å². The summed E-state index contributed by atoms with van der Waals surface area (Å²) in [5, 5.41) is 3.30. The normalized spacial score (nSPS) is 14.6. The topological polar surface area (TPSA) is 49.4 Å². The fourth-order valence-electron chi connectivity index (χ4n) is 4.80. The molecule has 4 nitrogen and oxygen atoms in total. The number of hydrogen-bond acceptors (Lipinski definition) is 3. The number of rotatable bonds is 11. The standard InChI is InChI=1S/C31H35BrN2O2S/c32-27-18-16-25(17-19-27)21-34(30(35)23-37-22-26-12-6-2-7-13-26)29(20-24-10-4-1-5-11-24)31(36)33-28-14-8-3-9-15-28/h1-2,4-7,10-13,16-19,28-29H,3,8-9,14-15,20-23H2,(H,33,36)/t29-/m0/s1. The largest absolute Gasteiger partial charge is 0.352 e. The summed E-state index contributed by atoms with van der Waals surface area (Å²) in [7, 11) is 0. The molecule has 6 heteroatoms. The maximum Gasteiger partial charge on any atom is 0.243 e. The number of thioether (sulfide) groups is 1. The monoisotopic (exact) mass is 578 g/mol. The average Bonchev–Trinajstić information content (AvgIpc) is 2.93. The van der Waals surface area contributed by atoms with E-state index in [1.54, 1.807) is 16.7 Å². The van der Waals surface area contributed by atoms with Crippen LogP contribution >= 0.6 is 27.7 Å². The minimum absolute atomic E-state index is 0.0106. The van der Waals surface area contributed by atoms with Gasteiger partial charge in [0.15, 0.2) is 0 Å². The first-order valence-electron chi connectivity index (χ1n) is 13.1. The second kappa shape index (κ2) is 14.4. The summed E-state index contributed by atoms with van der Waals surface area (Å²) in [6.07, 6.45) is 6.03. The Balaban J connectivity index is 1.56. The van der Waals surface area contributed by atoms with E-state index in [9.17, 15) is 9.59 Å². The van der Waals surface area contributed by atoms with E-state index < -0.39 is 6.04 Å². The summed E-state index contributed by atoms with van der Waals surface area (Å²) in [4.78, 5) is 29.3. The van der Waals surface area contributed by atoms with Gasteiger partial charge in [0.2, 0.25) is 11.8 Å². The summed E-state index contributed by atoms with van der Waals surface area (Å²) in [6.45, 7) is 0.396. The smallest absolute Gasteiger partial charge is 0.243 e. The van der Waals surface area contributed by atoms with Crippen LogP contribution in [0.25, 0.3) is 0 Å². The van der Waals surface area contributed by atoms with Crippen LogP contribution in [0.4, 0.5) is 0 Å². The van der Waals surface area contributed by atoms with E-state index in [2.05, 4.69) is 33.4 Å². The molecule has 1 saturated carbocycles. The van der Waals surface area contributed by atoms with Gasteiger partial charge >= 0.3 is 0 Å². The minimum Gasteiger partial charge on any atom is -0.352 e. The van der Waals surface area contributed by atoms with Crippen molar-refractivity contribution in [3.63, 3.8) is 0 Å². The zero-order valence-electron chi connectivity index (χ0n) is 21.2. The lowest BCUT2D eigenvalue weighted by molar-refractivity contribution is -0.139. The van der Waals surface area contributed by atoms with Crippen molar-refractivity contribution in [2.45, 2.75) is 62.9 Å². The summed E-state index contributed by atoms with van der Waals surface area (Å²) in [6, 6.07) is 27.8. The number of carbonyl (C=O) groups is 2. The Bertz CT molecular complexity index is 1120. The summed E-state index contributed by atoms with van der Waals surface area (Å²) in [5.74, 6) is 1.03. The number of hydrogen-bond donors (Lipinski definition) is 1. The zero-order valence-corrected chi connectivity index (χ0v) is 23.6. The van der Waals surface area contributed by atoms with E-state index in [0.717, 1.165) is 47.0 Å². The molecule has 1 fully saturated rings. The van der Waals surface area contributed by atoms with Crippen LogP contribution in [-0.2, 0) is 28.3 Å². The summed E-state index contributed by atoms with van der Waals surface area (Å²) >= 11 is 5.10. The Hall–Kier alpha value is -2.57. The van der Waals surface area contributed by atoms with Gasteiger partial charge in [0.1, 0.15) is 6.04 Å². The van der Waals surface area contributed by atoms with Crippen molar-refractivity contribution in [1.82, 2.24) is 10.2 Å². The Labute approximate surface area is 233 Å². The molecule has 1 aliphatic rings. The van der Waals surface area contributed by atoms with Crippen molar-refractivity contribution < 1.29 is 9.59 Å². The fourth-order valence-corrected chi connectivity index (χ4v) is 5.93. The third kappa shape index (κ3) is 8.75. The molecule has 1 atom stereocenters. The molecule has 0 aromatic heterocycles. The molecule has 4 rings (SSSR count). The first-order chi connectivity index (χ1) is 18.1. The number of nitrogens with zero attached hydrogens (tertiary/aromatic N) is 1. The predicted molar refractivity (Wildman–Crippen MR) is 156 cm³/mol. The highest BCUT2D eigenvalue weighted by Crippen LogP contribution is 2.22. The van der Waals surface area contributed by atoms with Crippen LogP contribution in [0.1, 0.15) is 48.8 Å². The first kappa shape index (κ1) is 27.5. The third-order valence-corrected chi connectivity index (χ3v) is 8.34. The van der Waals surface area contributed by atoms with E-state index in [1.807, 2.05) is 72.8 Å². The van der Waals surface area contributed by atoms with Gasteiger partial charge < -0.3 is 10.2 Å². The second-order valence-electron chi connectivity index (χ2n) is 9.68. The van der Waals surface area contributed by atoms with Crippen molar-refractivity contribution in [3.8, 4) is 0 Å². The van der Waals surface area contributed by atoms with Crippen LogP contribution < -0.4 is 5.32 Å². The maximum absolute atomic E-state index is 13.8. The Morgan fingerprint density at radius 3 is 2.11 bits per heavy atom. The Kier molecular flexibility index (Phi) is 10.7. The summed E-state index contributed by atoms with van der Waals surface area (Å²) in [5.41, 5.74) is 3.25. The molecule has 0 bridgehead atoms. The van der Waals surface area contributed by atoms with Gasteiger partial charge in [0.25, 0.3) is 0 Å². The van der Waals surface area contributed by atoms with Gasteiger partial charge in [0.05, 0.1) is 5.75 Å². The molecule has 0 spiro atoms. The highest BCUT2D eigenvalue weighted by atomic mass is 79.9. The molecule has 0 unspecified atom stereocenters. The highest BCUT2D eigenvalue weighted by molar-refractivity contribution is 9.10. The minimum atomic E-state index is -0.571. The van der Waals surface area contributed by atoms with E-state index >= 15 is 0 Å². The van der Waals surface area contributed by atoms with Crippen LogP contribution in [0.3, 0.4) is 0 Å². The molecule has 0 aliphatic heterocycles. The molecular weight excluding hydrogens is 544 g/mol. The zero-order chi connectivity index (χ0) is 25.9. The van der Waals surface area contributed by atoms with Gasteiger partial charge in [-0.1, -0.05) is 108 Å². The average molecular weight is 580 g/mol. The SMILES string of the molecule is O=C(NC1CCCCC1)[C@H](Cc1ccccc1)N(Cc1ccc(Br)cc1)C(=O)CSCc1ccccc1. The van der Waals surface area contributed by atoms with Gasteiger partial charge in [-0.25, -0.2) is 0 Å². The van der Waals surface area contributed by atoms with Crippen molar-refractivity contribution in [1.29, 1.82) is 0 Å². The van der Waals surface area contributed by atoms with Crippen molar-refractivity contribution >= 4 is 39.5 Å². The van der Waals surface area contributed by atoms with Crippen LogP contribution in [0.15, 0.2) is 89.4 Å². The van der Waals surface area contributed by atoms with Gasteiger partial charge in [-0.2, -0.15) is 0 Å². The number of nitrogens with one attached hydrogen (secondary N) is 1. The predicted octanol–water partition coefficient (Wildman–Crippen LogP) is 6.77. The molecular formula is C31H35BrN2O2S. The third-order valence-electron chi connectivity index (χ3n) is 6.83. The van der Waals surface area contributed by atoms with E-state index in [0.29, 0.717) is 18.7 Å². The highest BCUT2D eigenvalue weighted by Gasteiger charge is 2.31. The number of halogens is 1. The van der Waals surface area contributed by atoms with Crippen molar-refractivity contribution in [3.05, 3.63) is 106 Å². The molecule has 1 N–H and O–H groups in total. The fraction of sp³-hybridized carbons (Fsp3) is 0.355. The van der Waals surface area contributed by atoms with Crippen molar-refractivity contribution in [2.24, 2.45) is 0 Å². The van der Waals surface area contributed by atoms with Crippen molar-refractivity contribution in [2.75, 3.05) is 5.75 Å². The number of carbonyl (C=O) groups excluding carboxylic acids is 2. The quantitative estimate of drug-likeness (QED) is 0.273. The van der Waals surface area contributed by atoms with Gasteiger partial charge in [-0.05, 0) is 41.7 Å². The van der Waals surface area contributed by atoms with Crippen LogP contribution in [-0.4, -0.2) is 34.6 Å². The van der Waals surface area contributed by atoms with Crippen LogP contribution in [0, 0.1) is 0 Å².